The highest BCUT2D eigenvalue weighted by molar-refractivity contribution is 5.95. The standard InChI is InChI=1S/C13H19N3O3/c1-8(7-17)6-14-13-9-4-5-10(18-2)12(19-3)11(9)15-16-13/h4-5,8,17H,6-7H2,1-3H3,(H2,14,15,16). The van der Waals surface area contributed by atoms with Crippen LogP contribution in [0.3, 0.4) is 0 Å². The Morgan fingerprint density at radius 3 is 2.79 bits per heavy atom. The first-order valence-electron chi connectivity index (χ1n) is 6.15. The molecule has 0 saturated carbocycles. The van der Waals surface area contributed by atoms with Crippen molar-refractivity contribution < 1.29 is 14.6 Å². The van der Waals surface area contributed by atoms with Gasteiger partial charge in [0.2, 0.25) is 0 Å². The van der Waals surface area contributed by atoms with Crippen molar-refractivity contribution in [1.82, 2.24) is 10.2 Å². The van der Waals surface area contributed by atoms with E-state index in [4.69, 9.17) is 14.6 Å². The number of H-pyrrole nitrogens is 1. The molecule has 0 fully saturated rings. The van der Waals surface area contributed by atoms with Crippen LogP contribution in [0.2, 0.25) is 0 Å². The van der Waals surface area contributed by atoms with E-state index in [2.05, 4.69) is 15.5 Å². The Balaban J connectivity index is 2.33. The summed E-state index contributed by atoms with van der Waals surface area (Å²) in [7, 11) is 3.20. The molecule has 1 unspecified atom stereocenters. The minimum absolute atomic E-state index is 0.145. The molecule has 0 aliphatic heterocycles. The fourth-order valence-corrected chi connectivity index (χ4v) is 1.88. The SMILES string of the molecule is COc1ccc2c(NCC(C)CO)n[nH]c2c1OC. The van der Waals surface area contributed by atoms with Gasteiger partial charge in [0.25, 0.3) is 0 Å². The second-order valence-electron chi connectivity index (χ2n) is 4.46. The highest BCUT2D eigenvalue weighted by Crippen LogP contribution is 2.36. The van der Waals surface area contributed by atoms with E-state index in [9.17, 15) is 0 Å². The first-order valence-corrected chi connectivity index (χ1v) is 6.15. The molecule has 0 radical (unpaired) electrons. The third kappa shape index (κ3) is 2.58. The quantitative estimate of drug-likeness (QED) is 0.739. The summed E-state index contributed by atoms with van der Waals surface area (Å²) < 4.78 is 10.6. The number of nitrogens with one attached hydrogen (secondary N) is 2. The number of ether oxygens (including phenoxy) is 2. The van der Waals surface area contributed by atoms with E-state index in [-0.39, 0.29) is 12.5 Å². The molecule has 0 saturated heterocycles. The maximum atomic E-state index is 9.02. The van der Waals surface area contributed by atoms with Crippen LogP contribution in [0.5, 0.6) is 11.5 Å². The lowest BCUT2D eigenvalue weighted by atomic mass is 10.2. The number of rotatable bonds is 6. The highest BCUT2D eigenvalue weighted by Gasteiger charge is 2.14. The van der Waals surface area contributed by atoms with Crippen LogP contribution in [-0.2, 0) is 0 Å². The van der Waals surface area contributed by atoms with E-state index < -0.39 is 0 Å². The fraction of sp³-hybridized carbons (Fsp3) is 0.462. The van der Waals surface area contributed by atoms with Gasteiger partial charge in [0, 0.05) is 18.5 Å². The molecule has 0 aliphatic carbocycles. The van der Waals surface area contributed by atoms with E-state index in [0.717, 1.165) is 16.7 Å². The van der Waals surface area contributed by atoms with Crippen LogP contribution in [0.15, 0.2) is 12.1 Å². The van der Waals surface area contributed by atoms with Crippen molar-refractivity contribution >= 4 is 16.7 Å². The smallest absolute Gasteiger partial charge is 0.186 e. The molecule has 1 heterocycles. The summed E-state index contributed by atoms with van der Waals surface area (Å²) in [6, 6.07) is 3.77. The van der Waals surface area contributed by atoms with Crippen molar-refractivity contribution in [2.75, 3.05) is 32.7 Å². The fourth-order valence-electron chi connectivity index (χ4n) is 1.88. The Kier molecular flexibility index (Phi) is 4.11. The lowest BCUT2D eigenvalue weighted by molar-refractivity contribution is 0.244. The molecule has 1 atom stereocenters. The maximum absolute atomic E-state index is 9.02. The molecule has 6 nitrogen and oxygen atoms in total. The molecule has 0 spiro atoms. The van der Waals surface area contributed by atoms with E-state index in [1.165, 1.54) is 0 Å². The van der Waals surface area contributed by atoms with Gasteiger partial charge < -0.3 is 19.9 Å². The van der Waals surface area contributed by atoms with Crippen molar-refractivity contribution in [3.8, 4) is 11.5 Å². The normalized spacial score (nSPS) is 12.4. The molecule has 3 N–H and O–H groups in total. The van der Waals surface area contributed by atoms with Crippen LogP contribution in [0.1, 0.15) is 6.92 Å². The molecule has 19 heavy (non-hydrogen) atoms. The minimum atomic E-state index is 0.145. The Hall–Kier alpha value is -1.95. The van der Waals surface area contributed by atoms with Crippen LogP contribution in [0.25, 0.3) is 10.9 Å². The Labute approximate surface area is 111 Å². The zero-order valence-corrected chi connectivity index (χ0v) is 11.4. The number of hydrogen-bond acceptors (Lipinski definition) is 5. The van der Waals surface area contributed by atoms with Crippen molar-refractivity contribution in [3.05, 3.63) is 12.1 Å². The number of methoxy groups -OCH3 is 2. The van der Waals surface area contributed by atoms with E-state index >= 15 is 0 Å². The number of benzene rings is 1. The number of fused-ring (bicyclic) bond motifs is 1. The minimum Gasteiger partial charge on any atom is -0.493 e. The number of aliphatic hydroxyl groups is 1. The molecule has 0 bridgehead atoms. The largest absolute Gasteiger partial charge is 0.493 e. The molecule has 2 aromatic rings. The lowest BCUT2D eigenvalue weighted by Gasteiger charge is -2.10. The summed E-state index contributed by atoms with van der Waals surface area (Å²) in [5.74, 6) is 2.22. The molecule has 6 heteroatoms. The topological polar surface area (TPSA) is 79.4 Å². The molecular weight excluding hydrogens is 246 g/mol. The number of aliphatic hydroxyl groups excluding tert-OH is 1. The second-order valence-corrected chi connectivity index (χ2v) is 4.46. The van der Waals surface area contributed by atoms with Crippen molar-refractivity contribution in [1.29, 1.82) is 0 Å². The first-order chi connectivity index (χ1) is 9.21. The monoisotopic (exact) mass is 265 g/mol. The van der Waals surface area contributed by atoms with Gasteiger partial charge in [-0.15, -0.1) is 0 Å². The van der Waals surface area contributed by atoms with E-state index in [1.54, 1.807) is 14.2 Å². The van der Waals surface area contributed by atoms with Crippen LogP contribution < -0.4 is 14.8 Å². The summed E-state index contributed by atoms with van der Waals surface area (Å²) in [4.78, 5) is 0. The lowest BCUT2D eigenvalue weighted by Crippen LogP contribution is -2.14. The summed E-state index contributed by atoms with van der Waals surface area (Å²) in [5.41, 5.74) is 0.793. The molecule has 1 aromatic carbocycles. The molecule has 2 rings (SSSR count). The molecule has 104 valence electrons. The molecule has 0 aliphatic rings. The van der Waals surface area contributed by atoms with Gasteiger partial charge in [-0.1, -0.05) is 6.92 Å². The van der Waals surface area contributed by atoms with Gasteiger partial charge in [0.05, 0.1) is 14.2 Å². The Morgan fingerprint density at radius 1 is 1.37 bits per heavy atom. The van der Waals surface area contributed by atoms with E-state index in [1.807, 2.05) is 19.1 Å². The second kappa shape index (κ2) is 5.79. The summed E-state index contributed by atoms with van der Waals surface area (Å²) in [6.45, 7) is 2.77. The van der Waals surface area contributed by atoms with Crippen molar-refractivity contribution in [3.63, 3.8) is 0 Å². The Morgan fingerprint density at radius 2 is 2.16 bits per heavy atom. The maximum Gasteiger partial charge on any atom is 0.186 e. The third-order valence-electron chi connectivity index (χ3n) is 3.01. The summed E-state index contributed by atoms with van der Waals surface area (Å²) in [6.07, 6.45) is 0. The predicted molar refractivity (Wildman–Crippen MR) is 73.9 cm³/mol. The van der Waals surface area contributed by atoms with Gasteiger partial charge in [-0.3, -0.25) is 5.10 Å². The predicted octanol–water partition coefficient (Wildman–Crippen LogP) is 1.62. The van der Waals surface area contributed by atoms with Gasteiger partial charge in [-0.25, -0.2) is 0 Å². The van der Waals surface area contributed by atoms with Gasteiger partial charge in [0.1, 0.15) is 5.52 Å². The molecular formula is C13H19N3O3. The van der Waals surface area contributed by atoms with E-state index in [0.29, 0.717) is 18.0 Å². The average Bonchev–Trinajstić information content (AvgIpc) is 2.86. The number of aromatic nitrogens is 2. The van der Waals surface area contributed by atoms with Gasteiger partial charge in [-0.2, -0.15) is 5.10 Å². The number of anilines is 1. The zero-order valence-electron chi connectivity index (χ0n) is 11.4. The van der Waals surface area contributed by atoms with Gasteiger partial charge in [0.15, 0.2) is 17.3 Å². The molecule has 1 aromatic heterocycles. The van der Waals surface area contributed by atoms with Crippen molar-refractivity contribution in [2.45, 2.75) is 6.92 Å². The first kappa shape index (κ1) is 13.5. The van der Waals surface area contributed by atoms with Gasteiger partial charge in [-0.05, 0) is 18.1 Å². The van der Waals surface area contributed by atoms with Crippen LogP contribution in [-0.4, -0.2) is 42.7 Å². The number of hydrogen-bond donors (Lipinski definition) is 3. The van der Waals surface area contributed by atoms with Crippen LogP contribution >= 0.6 is 0 Å². The summed E-state index contributed by atoms with van der Waals surface area (Å²) in [5, 5.41) is 20.3. The van der Waals surface area contributed by atoms with Crippen LogP contribution in [0.4, 0.5) is 5.82 Å². The highest BCUT2D eigenvalue weighted by atomic mass is 16.5. The number of aromatic amines is 1. The van der Waals surface area contributed by atoms with Crippen molar-refractivity contribution in [2.24, 2.45) is 5.92 Å². The summed E-state index contributed by atoms with van der Waals surface area (Å²) >= 11 is 0. The molecule has 0 amide bonds. The van der Waals surface area contributed by atoms with Gasteiger partial charge >= 0.3 is 0 Å². The Bertz CT molecular complexity index is 553. The van der Waals surface area contributed by atoms with Crippen LogP contribution in [0, 0.1) is 5.92 Å². The number of nitrogens with zero attached hydrogens (tertiary/aromatic N) is 1. The average molecular weight is 265 g/mol. The zero-order chi connectivity index (χ0) is 13.8. The third-order valence-corrected chi connectivity index (χ3v) is 3.01.